The minimum absolute atomic E-state index is 0.0709. The van der Waals surface area contributed by atoms with Crippen molar-refractivity contribution in [3.63, 3.8) is 0 Å². The first-order chi connectivity index (χ1) is 9.26. The molecule has 0 saturated heterocycles. The molecule has 0 unspecified atom stereocenters. The molecular formula is C14H16N2O3. The molecule has 2 rings (SSSR count). The Morgan fingerprint density at radius 1 is 1.42 bits per heavy atom. The van der Waals surface area contributed by atoms with Gasteiger partial charge in [-0.3, -0.25) is 4.79 Å². The number of carbonyl (C=O) groups is 1. The highest BCUT2D eigenvalue weighted by molar-refractivity contribution is 5.78. The third-order valence-corrected chi connectivity index (χ3v) is 2.97. The van der Waals surface area contributed by atoms with Crippen molar-refractivity contribution in [2.75, 3.05) is 20.3 Å². The largest absolute Gasteiger partial charge is 0.493 e. The molecule has 0 atom stereocenters. The molecule has 0 bridgehead atoms. The second kappa shape index (κ2) is 6.10. The Kier molecular flexibility index (Phi) is 4.24. The highest BCUT2D eigenvalue weighted by Gasteiger charge is 2.32. The lowest BCUT2D eigenvalue weighted by Crippen LogP contribution is -2.37. The van der Waals surface area contributed by atoms with Crippen LogP contribution in [0.4, 0.5) is 0 Å². The highest BCUT2D eigenvalue weighted by atomic mass is 16.5. The Morgan fingerprint density at radius 3 is 2.68 bits per heavy atom. The summed E-state index contributed by atoms with van der Waals surface area (Å²) in [5.41, 5.74) is 0. The first-order valence-electron chi connectivity index (χ1n) is 6.18. The smallest absolute Gasteiger partial charge is 0.261 e. The molecule has 0 heterocycles. The summed E-state index contributed by atoms with van der Waals surface area (Å²) in [6.07, 6.45) is 1.95. The standard InChI is InChI=1S/C14H16N2O3/c1-18-12-4-2-3-5-13(12)19-10-14(17)16(9-8-15)11-6-7-11/h2-5,11H,6-7,9-10H2,1H3. The van der Waals surface area contributed by atoms with Gasteiger partial charge >= 0.3 is 0 Å². The van der Waals surface area contributed by atoms with Gasteiger partial charge in [-0.2, -0.15) is 5.26 Å². The van der Waals surface area contributed by atoms with Crippen LogP contribution in [0.15, 0.2) is 24.3 Å². The quantitative estimate of drug-likeness (QED) is 0.729. The summed E-state index contributed by atoms with van der Waals surface area (Å²) in [7, 11) is 1.55. The van der Waals surface area contributed by atoms with Crippen LogP contribution in [0.3, 0.4) is 0 Å². The van der Waals surface area contributed by atoms with Crippen LogP contribution in [0, 0.1) is 11.3 Å². The summed E-state index contributed by atoms with van der Waals surface area (Å²) in [5, 5.41) is 8.72. The van der Waals surface area contributed by atoms with Crippen molar-refractivity contribution in [3.05, 3.63) is 24.3 Å². The van der Waals surface area contributed by atoms with E-state index in [1.54, 1.807) is 24.1 Å². The lowest BCUT2D eigenvalue weighted by Gasteiger charge is -2.19. The van der Waals surface area contributed by atoms with E-state index in [1.807, 2.05) is 18.2 Å². The minimum Gasteiger partial charge on any atom is -0.493 e. The van der Waals surface area contributed by atoms with Crippen LogP contribution >= 0.6 is 0 Å². The number of amides is 1. The van der Waals surface area contributed by atoms with Gasteiger partial charge in [0.15, 0.2) is 18.1 Å². The van der Waals surface area contributed by atoms with Crippen molar-refractivity contribution in [2.45, 2.75) is 18.9 Å². The van der Waals surface area contributed by atoms with Gasteiger partial charge in [0.1, 0.15) is 6.54 Å². The van der Waals surface area contributed by atoms with Gasteiger partial charge < -0.3 is 14.4 Å². The molecule has 5 heteroatoms. The van der Waals surface area contributed by atoms with Gasteiger partial charge in [0, 0.05) is 6.04 Å². The zero-order valence-electron chi connectivity index (χ0n) is 10.8. The predicted octanol–water partition coefficient (Wildman–Crippen LogP) is 1.59. The van der Waals surface area contributed by atoms with Crippen LogP contribution in [-0.2, 0) is 4.79 Å². The van der Waals surface area contributed by atoms with E-state index in [9.17, 15) is 4.79 Å². The normalized spacial score (nSPS) is 13.5. The van der Waals surface area contributed by atoms with E-state index >= 15 is 0 Å². The summed E-state index contributed by atoms with van der Waals surface area (Å²) in [6.45, 7) is 0.0529. The van der Waals surface area contributed by atoms with Gasteiger partial charge in [-0.15, -0.1) is 0 Å². The number of ether oxygens (including phenoxy) is 2. The SMILES string of the molecule is COc1ccccc1OCC(=O)N(CC#N)C1CC1. The first kappa shape index (κ1) is 13.2. The molecule has 1 fully saturated rings. The Balaban J connectivity index is 1.94. The summed E-state index contributed by atoms with van der Waals surface area (Å²) >= 11 is 0. The molecule has 0 aromatic heterocycles. The molecule has 1 aliphatic rings. The van der Waals surface area contributed by atoms with Crippen molar-refractivity contribution < 1.29 is 14.3 Å². The van der Waals surface area contributed by atoms with E-state index in [0.29, 0.717) is 11.5 Å². The van der Waals surface area contributed by atoms with Crippen LogP contribution in [0.5, 0.6) is 11.5 Å². The van der Waals surface area contributed by atoms with E-state index in [2.05, 4.69) is 0 Å². The average Bonchev–Trinajstić information content (AvgIpc) is 3.27. The number of carbonyl (C=O) groups excluding carboxylic acids is 1. The van der Waals surface area contributed by atoms with Crippen LogP contribution in [0.2, 0.25) is 0 Å². The third kappa shape index (κ3) is 3.38. The second-order valence-corrected chi connectivity index (χ2v) is 4.35. The van der Waals surface area contributed by atoms with Crippen LogP contribution < -0.4 is 9.47 Å². The molecule has 0 N–H and O–H groups in total. The molecule has 100 valence electrons. The molecule has 5 nitrogen and oxygen atoms in total. The lowest BCUT2D eigenvalue weighted by atomic mass is 10.3. The number of nitriles is 1. The fourth-order valence-corrected chi connectivity index (χ4v) is 1.84. The molecule has 1 saturated carbocycles. The molecule has 1 aliphatic carbocycles. The van der Waals surface area contributed by atoms with E-state index in [-0.39, 0.29) is 25.1 Å². The van der Waals surface area contributed by atoms with Crippen molar-refractivity contribution in [1.29, 1.82) is 5.26 Å². The van der Waals surface area contributed by atoms with E-state index < -0.39 is 0 Å². The molecule has 1 aromatic carbocycles. The van der Waals surface area contributed by atoms with Crippen molar-refractivity contribution in [1.82, 2.24) is 4.90 Å². The molecular weight excluding hydrogens is 244 g/mol. The zero-order valence-corrected chi connectivity index (χ0v) is 10.8. The Morgan fingerprint density at radius 2 is 2.11 bits per heavy atom. The molecule has 0 spiro atoms. The molecule has 0 radical (unpaired) electrons. The number of nitrogens with zero attached hydrogens (tertiary/aromatic N) is 2. The maximum atomic E-state index is 12.0. The summed E-state index contributed by atoms with van der Waals surface area (Å²) in [4.78, 5) is 13.6. The number of rotatable bonds is 6. The van der Waals surface area contributed by atoms with Crippen LogP contribution in [-0.4, -0.2) is 37.1 Å². The fraction of sp³-hybridized carbons (Fsp3) is 0.429. The van der Waals surface area contributed by atoms with Crippen molar-refractivity contribution in [2.24, 2.45) is 0 Å². The van der Waals surface area contributed by atoms with Crippen molar-refractivity contribution >= 4 is 5.91 Å². The zero-order chi connectivity index (χ0) is 13.7. The number of benzene rings is 1. The second-order valence-electron chi connectivity index (χ2n) is 4.35. The number of hydrogen-bond donors (Lipinski definition) is 0. The van der Waals surface area contributed by atoms with Crippen LogP contribution in [0.1, 0.15) is 12.8 Å². The molecule has 1 aromatic rings. The maximum absolute atomic E-state index is 12.0. The summed E-state index contributed by atoms with van der Waals surface area (Å²) < 4.78 is 10.6. The van der Waals surface area contributed by atoms with Gasteiger partial charge in [0.25, 0.3) is 5.91 Å². The van der Waals surface area contributed by atoms with Gasteiger partial charge in [-0.25, -0.2) is 0 Å². The Hall–Kier alpha value is -2.22. The van der Waals surface area contributed by atoms with Gasteiger partial charge in [0.05, 0.1) is 13.2 Å². The number of methoxy groups -OCH3 is 1. The summed E-state index contributed by atoms with van der Waals surface area (Å²) in [6, 6.07) is 9.40. The van der Waals surface area contributed by atoms with Crippen molar-refractivity contribution in [3.8, 4) is 17.6 Å². The van der Waals surface area contributed by atoms with Gasteiger partial charge in [-0.1, -0.05) is 12.1 Å². The number of para-hydroxylation sites is 2. The molecule has 0 aliphatic heterocycles. The highest BCUT2D eigenvalue weighted by Crippen LogP contribution is 2.28. The monoisotopic (exact) mass is 260 g/mol. The Bertz CT molecular complexity index is 492. The van der Waals surface area contributed by atoms with E-state index in [1.165, 1.54) is 0 Å². The van der Waals surface area contributed by atoms with Crippen LogP contribution in [0.25, 0.3) is 0 Å². The fourth-order valence-electron chi connectivity index (χ4n) is 1.84. The maximum Gasteiger partial charge on any atom is 0.261 e. The lowest BCUT2D eigenvalue weighted by molar-refractivity contribution is -0.133. The van der Waals surface area contributed by atoms with Gasteiger partial charge in [0.2, 0.25) is 0 Å². The average molecular weight is 260 g/mol. The van der Waals surface area contributed by atoms with E-state index in [0.717, 1.165) is 12.8 Å². The third-order valence-electron chi connectivity index (χ3n) is 2.97. The Labute approximate surface area is 112 Å². The minimum atomic E-state index is -0.157. The molecule has 1 amide bonds. The summed E-state index contributed by atoms with van der Waals surface area (Å²) in [5.74, 6) is 0.967. The first-order valence-corrected chi connectivity index (χ1v) is 6.18. The molecule has 19 heavy (non-hydrogen) atoms. The van der Waals surface area contributed by atoms with Gasteiger partial charge in [-0.05, 0) is 25.0 Å². The topological polar surface area (TPSA) is 62.6 Å². The number of hydrogen-bond acceptors (Lipinski definition) is 4. The predicted molar refractivity (Wildman–Crippen MR) is 68.8 cm³/mol. The van der Waals surface area contributed by atoms with E-state index in [4.69, 9.17) is 14.7 Å².